The topological polar surface area (TPSA) is 108 Å². The van der Waals surface area contributed by atoms with Crippen molar-refractivity contribution in [2.45, 2.75) is 45.3 Å². The third kappa shape index (κ3) is 4.06. The van der Waals surface area contributed by atoms with Crippen LogP contribution >= 0.6 is 0 Å². The number of aliphatic hydroxyl groups is 1. The predicted octanol–water partition coefficient (Wildman–Crippen LogP) is 3.61. The lowest BCUT2D eigenvalue weighted by Crippen LogP contribution is -2.34. The van der Waals surface area contributed by atoms with Crippen molar-refractivity contribution in [3.05, 3.63) is 71.4 Å². The van der Waals surface area contributed by atoms with Gasteiger partial charge in [0, 0.05) is 17.6 Å². The van der Waals surface area contributed by atoms with Gasteiger partial charge in [-0.3, -0.25) is 9.59 Å². The summed E-state index contributed by atoms with van der Waals surface area (Å²) in [6.45, 7) is 7.58. The lowest BCUT2D eigenvalue weighted by atomic mass is 9.77. The second-order valence-electron chi connectivity index (χ2n) is 9.07. The molecule has 6 nitrogen and oxygen atoms in total. The summed E-state index contributed by atoms with van der Waals surface area (Å²) in [5.41, 5.74) is 11.4. The van der Waals surface area contributed by atoms with E-state index in [1.807, 2.05) is 44.2 Å². The van der Waals surface area contributed by atoms with Gasteiger partial charge >= 0.3 is 0 Å². The number of primary amides is 1. The van der Waals surface area contributed by atoms with Crippen LogP contribution in [0.2, 0.25) is 0 Å². The molecule has 0 fully saturated rings. The molecule has 1 aromatic heterocycles. The van der Waals surface area contributed by atoms with Gasteiger partial charge in [0.1, 0.15) is 0 Å². The first-order chi connectivity index (χ1) is 15.2. The van der Waals surface area contributed by atoms with Gasteiger partial charge in [-0.05, 0) is 79.5 Å². The van der Waals surface area contributed by atoms with Gasteiger partial charge in [-0.15, -0.1) is 0 Å². The average molecular weight is 432 g/mol. The first-order valence-corrected chi connectivity index (χ1v) is 10.9. The van der Waals surface area contributed by atoms with Crippen molar-refractivity contribution in [3.8, 4) is 11.1 Å². The number of hydrogen-bond donors (Lipinski definition) is 4. The van der Waals surface area contributed by atoms with Gasteiger partial charge in [0.05, 0.1) is 16.7 Å². The molecule has 5 N–H and O–H groups in total. The molecule has 1 atom stereocenters. The maximum atomic E-state index is 12.1. The number of nitrogens with two attached hydrogens (primary N) is 1. The molecule has 0 bridgehead atoms. The highest BCUT2D eigenvalue weighted by Crippen LogP contribution is 2.41. The Morgan fingerprint density at radius 1 is 1.31 bits per heavy atom. The molecule has 1 heterocycles. The van der Waals surface area contributed by atoms with E-state index in [0.29, 0.717) is 12.1 Å². The van der Waals surface area contributed by atoms with Gasteiger partial charge in [-0.25, -0.2) is 0 Å². The number of carbonyl (C=O) groups excluding carboxylic acids is 2. The third-order valence-corrected chi connectivity index (χ3v) is 6.50. The SMILES string of the molecule is C=CC(=O)NCc1cccc(-c2ccc(C(N)=O)c3[nH]c4c(c23)CCC(C(C)(C)O)C4)c1. The van der Waals surface area contributed by atoms with Gasteiger partial charge in [-0.1, -0.05) is 30.8 Å². The Kier molecular flexibility index (Phi) is 5.65. The highest BCUT2D eigenvalue weighted by atomic mass is 16.3. The van der Waals surface area contributed by atoms with E-state index in [1.54, 1.807) is 6.07 Å². The minimum absolute atomic E-state index is 0.139. The first-order valence-electron chi connectivity index (χ1n) is 10.9. The highest BCUT2D eigenvalue weighted by molar-refractivity contribution is 6.10. The molecule has 166 valence electrons. The Hall–Kier alpha value is -3.38. The molecule has 0 saturated carbocycles. The number of aromatic amines is 1. The molecule has 1 aliphatic carbocycles. The van der Waals surface area contributed by atoms with Crippen molar-refractivity contribution in [1.29, 1.82) is 0 Å². The van der Waals surface area contributed by atoms with Crippen LogP contribution in [-0.4, -0.2) is 27.5 Å². The van der Waals surface area contributed by atoms with E-state index < -0.39 is 11.5 Å². The van der Waals surface area contributed by atoms with Gasteiger partial charge in [0.2, 0.25) is 5.91 Å². The quantitative estimate of drug-likeness (QED) is 0.448. The molecule has 3 aromatic rings. The maximum Gasteiger partial charge on any atom is 0.250 e. The molecule has 0 aliphatic heterocycles. The molecule has 32 heavy (non-hydrogen) atoms. The zero-order valence-electron chi connectivity index (χ0n) is 18.5. The average Bonchev–Trinajstić information content (AvgIpc) is 3.15. The maximum absolute atomic E-state index is 12.1. The van der Waals surface area contributed by atoms with Crippen LogP contribution in [-0.2, 0) is 24.2 Å². The second-order valence-corrected chi connectivity index (χ2v) is 9.07. The van der Waals surface area contributed by atoms with Crippen LogP contribution in [0.3, 0.4) is 0 Å². The van der Waals surface area contributed by atoms with Crippen molar-refractivity contribution in [1.82, 2.24) is 10.3 Å². The summed E-state index contributed by atoms with van der Waals surface area (Å²) in [7, 11) is 0. The Bertz CT molecular complexity index is 1220. The fraction of sp³-hybridized carbons (Fsp3) is 0.308. The number of carbonyl (C=O) groups is 2. The molecule has 2 aromatic carbocycles. The summed E-state index contributed by atoms with van der Waals surface area (Å²) in [6.07, 6.45) is 3.66. The third-order valence-electron chi connectivity index (χ3n) is 6.50. The fourth-order valence-electron chi connectivity index (χ4n) is 4.70. The number of rotatable bonds is 6. The van der Waals surface area contributed by atoms with E-state index in [-0.39, 0.29) is 11.8 Å². The molecular weight excluding hydrogens is 402 g/mol. The van der Waals surface area contributed by atoms with Crippen molar-refractivity contribution in [3.63, 3.8) is 0 Å². The molecule has 6 heteroatoms. The Morgan fingerprint density at radius 2 is 2.09 bits per heavy atom. The number of amides is 2. The van der Waals surface area contributed by atoms with Gasteiger partial charge < -0.3 is 21.1 Å². The van der Waals surface area contributed by atoms with Gasteiger partial charge in [0.25, 0.3) is 5.91 Å². The van der Waals surface area contributed by atoms with Crippen LogP contribution in [0.1, 0.15) is 47.4 Å². The molecule has 0 saturated heterocycles. The molecule has 0 spiro atoms. The van der Waals surface area contributed by atoms with E-state index in [2.05, 4.69) is 16.9 Å². The van der Waals surface area contributed by atoms with Crippen LogP contribution in [0.25, 0.3) is 22.0 Å². The largest absolute Gasteiger partial charge is 0.390 e. The predicted molar refractivity (Wildman–Crippen MR) is 126 cm³/mol. The molecule has 4 rings (SSSR count). The van der Waals surface area contributed by atoms with Crippen molar-refractivity contribution in [2.75, 3.05) is 0 Å². The zero-order valence-corrected chi connectivity index (χ0v) is 18.5. The van der Waals surface area contributed by atoms with Crippen LogP contribution in [0.15, 0.2) is 49.1 Å². The second kappa shape index (κ2) is 8.28. The standard InChI is InChI=1S/C26H29N3O3/c1-4-22(30)28-14-15-6-5-7-16(12-15)18-10-11-20(25(27)31)24-23(18)19-9-8-17(26(2,3)32)13-21(19)29-24/h4-7,10-12,17,29,32H,1,8-9,13-14H2,2-3H3,(H2,27,31)(H,28,30). The van der Waals surface area contributed by atoms with Crippen molar-refractivity contribution in [2.24, 2.45) is 11.7 Å². The normalized spacial score (nSPS) is 15.9. The molecule has 2 amide bonds. The van der Waals surface area contributed by atoms with Crippen LogP contribution in [0.4, 0.5) is 0 Å². The minimum atomic E-state index is -0.769. The van der Waals surface area contributed by atoms with Gasteiger partial charge in [-0.2, -0.15) is 0 Å². The number of benzene rings is 2. The van der Waals surface area contributed by atoms with Crippen molar-refractivity contribution < 1.29 is 14.7 Å². The van der Waals surface area contributed by atoms with E-state index in [4.69, 9.17) is 5.73 Å². The molecule has 0 radical (unpaired) electrons. The van der Waals surface area contributed by atoms with Crippen molar-refractivity contribution >= 4 is 22.7 Å². The highest BCUT2D eigenvalue weighted by Gasteiger charge is 2.33. The fourth-order valence-corrected chi connectivity index (χ4v) is 4.70. The summed E-state index contributed by atoms with van der Waals surface area (Å²) in [4.78, 5) is 27.1. The minimum Gasteiger partial charge on any atom is -0.390 e. The number of fused-ring (bicyclic) bond motifs is 3. The molecule has 1 unspecified atom stereocenters. The summed E-state index contributed by atoms with van der Waals surface area (Å²) in [5, 5.41) is 14.3. The first kappa shape index (κ1) is 21.8. The summed E-state index contributed by atoms with van der Waals surface area (Å²) in [5.74, 6) is -0.551. The number of aryl methyl sites for hydroxylation is 1. The van der Waals surface area contributed by atoms with Gasteiger partial charge in [0.15, 0.2) is 0 Å². The number of H-pyrrole nitrogens is 1. The lowest BCUT2D eigenvalue weighted by Gasteiger charge is -2.32. The number of nitrogens with one attached hydrogen (secondary N) is 2. The Morgan fingerprint density at radius 3 is 2.78 bits per heavy atom. The molecule has 1 aliphatic rings. The smallest absolute Gasteiger partial charge is 0.250 e. The summed E-state index contributed by atoms with van der Waals surface area (Å²) in [6, 6.07) is 11.7. The van der Waals surface area contributed by atoms with E-state index in [1.165, 1.54) is 11.6 Å². The van der Waals surface area contributed by atoms with E-state index >= 15 is 0 Å². The Balaban J connectivity index is 1.82. The van der Waals surface area contributed by atoms with E-state index in [9.17, 15) is 14.7 Å². The number of aromatic nitrogens is 1. The van der Waals surface area contributed by atoms with Crippen LogP contribution < -0.4 is 11.1 Å². The lowest BCUT2D eigenvalue weighted by molar-refractivity contribution is -0.116. The molecular formula is C26H29N3O3. The zero-order chi connectivity index (χ0) is 23.0. The Labute approximate surface area is 187 Å². The van der Waals surface area contributed by atoms with Crippen LogP contribution in [0, 0.1) is 5.92 Å². The number of hydrogen-bond acceptors (Lipinski definition) is 3. The summed E-state index contributed by atoms with van der Waals surface area (Å²) < 4.78 is 0. The summed E-state index contributed by atoms with van der Waals surface area (Å²) >= 11 is 0. The van der Waals surface area contributed by atoms with E-state index in [0.717, 1.165) is 52.5 Å². The van der Waals surface area contributed by atoms with Crippen LogP contribution in [0.5, 0.6) is 0 Å². The monoisotopic (exact) mass is 431 g/mol.